The van der Waals surface area contributed by atoms with Crippen molar-refractivity contribution in [3.63, 3.8) is 0 Å². The highest BCUT2D eigenvalue weighted by atomic mass is 32.2. The molecule has 0 radical (unpaired) electrons. The van der Waals surface area contributed by atoms with Gasteiger partial charge in [0.05, 0.1) is 18.9 Å². The van der Waals surface area contributed by atoms with E-state index in [0.29, 0.717) is 0 Å². The molecule has 15 heavy (non-hydrogen) atoms. The summed E-state index contributed by atoms with van der Waals surface area (Å²) in [5, 5.41) is 2.69. The Bertz CT molecular complexity index is 311. The van der Waals surface area contributed by atoms with Gasteiger partial charge in [0, 0.05) is 13.2 Å². The average Bonchev–Trinajstić information content (AvgIpc) is 2.96. The third kappa shape index (κ3) is 5.71. The molecule has 2 N–H and O–H groups in total. The molecule has 0 heterocycles. The fourth-order valence-electron chi connectivity index (χ4n) is 0.947. The lowest BCUT2D eigenvalue weighted by atomic mass is 10.5. The van der Waals surface area contributed by atoms with E-state index in [1.807, 2.05) is 0 Å². The maximum absolute atomic E-state index is 11.2. The van der Waals surface area contributed by atoms with E-state index in [4.69, 9.17) is 0 Å². The summed E-state index contributed by atoms with van der Waals surface area (Å²) in [5.41, 5.74) is 0. The molecule has 0 aromatic rings. The van der Waals surface area contributed by atoms with Crippen molar-refractivity contribution in [1.82, 2.24) is 10.0 Å². The second-order valence-electron chi connectivity index (χ2n) is 3.47. The highest BCUT2D eigenvalue weighted by molar-refractivity contribution is 7.89. The third-order valence-electron chi connectivity index (χ3n) is 1.95. The molecular formula is C8H16N2O4S. The Balaban J connectivity index is 2.18. The van der Waals surface area contributed by atoms with Crippen molar-refractivity contribution in [2.45, 2.75) is 18.9 Å². The molecule has 1 fully saturated rings. The Morgan fingerprint density at radius 2 is 2.13 bits per heavy atom. The van der Waals surface area contributed by atoms with Crippen LogP contribution in [0.2, 0.25) is 0 Å². The minimum Gasteiger partial charge on any atom is -0.384 e. The van der Waals surface area contributed by atoms with Crippen molar-refractivity contribution in [2.75, 3.05) is 26.0 Å². The number of rotatable bonds is 7. The maximum Gasteiger partial charge on any atom is 0.235 e. The molecule has 1 rings (SSSR count). The summed E-state index contributed by atoms with van der Waals surface area (Å²) in [6, 6.07) is 0.251. The summed E-state index contributed by atoms with van der Waals surface area (Å²) in [4.78, 5) is 11.1. The molecule has 7 heteroatoms. The molecule has 0 spiro atoms. The molecule has 0 aromatic heterocycles. The molecule has 1 saturated carbocycles. The number of nitrogens with one attached hydrogen (secondary N) is 2. The standard InChI is InChI=1S/C8H16N2O4S/c1-14-4-5-15(12,13)9-6-8(11)10-7-2-3-7/h7,9H,2-6H2,1H3,(H,10,11). The van der Waals surface area contributed by atoms with E-state index in [1.165, 1.54) is 7.11 Å². The van der Waals surface area contributed by atoms with Gasteiger partial charge in [-0.05, 0) is 12.8 Å². The minimum atomic E-state index is -3.39. The number of amides is 1. The predicted molar refractivity (Wildman–Crippen MR) is 54.8 cm³/mol. The van der Waals surface area contributed by atoms with Gasteiger partial charge >= 0.3 is 0 Å². The van der Waals surface area contributed by atoms with Crippen molar-refractivity contribution < 1.29 is 17.9 Å². The van der Waals surface area contributed by atoms with Gasteiger partial charge in [0.25, 0.3) is 0 Å². The Kier molecular flexibility index (Phi) is 4.49. The molecule has 88 valence electrons. The van der Waals surface area contributed by atoms with Crippen LogP contribution in [0.25, 0.3) is 0 Å². The number of sulfonamides is 1. The zero-order valence-electron chi connectivity index (χ0n) is 8.65. The molecule has 0 saturated heterocycles. The molecule has 0 atom stereocenters. The highest BCUT2D eigenvalue weighted by Gasteiger charge is 2.23. The van der Waals surface area contributed by atoms with E-state index >= 15 is 0 Å². The fraction of sp³-hybridized carbons (Fsp3) is 0.875. The lowest BCUT2D eigenvalue weighted by Crippen LogP contribution is -2.39. The van der Waals surface area contributed by atoms with Crippen LogP contribution in [0, 0.1) is 0 Å². The van der Waals surface area contributed by atoms with E-state index in [9.17, 15) is 13.2 Å². The number of carbonyl (C=O) groups is 1. The quantitative estimate of drug-likeness (QED) is 0.583. The largest absolute Gasteiger partial charge is 0.384 e. The summed E-state index contributed by atoms with van der Waals surface area (Å²) >= 11 is 0. The molecule has 1 amide bonds. The number of carbonyl (C=O) groups excluding carboxylic acids is 1. The van der Waals surface area contributed by atoms with E-state index in [1.54, 1.807) is 0 Å². The number of hydrogen-bond donors (Lipinski definition) is 2. The summed E-state index contributed by atoms with van der Waals surface area (Å²) in [6.45, 7) is -0.0673. The van der Waals surface area contributed by atoms with Gasteiger partial charge in [-0.25, -0.2) is 13.1 Å². The Hall–Kier alpha value is -0.660. The molecule has 1 aliphatic rings. The second-order valence-corrected chi connectivity index (χ2v) is 5.40. The molecular weight excluding hydrogens is 220 g/mol. The van der Waals surface area contributed by atoms with Gasteiger partial charge in [-0.3, -0.25) is 4.79 Å². The van der Waals surface area contributed by atoms with Crippen LogP contribution in [0.5, 0.6) is 0 Å². The predicted octanol–water partition coefficient (Wildman–Crippen LogP) is -1.17. The van der Waals surface area contributed by atoms with E-state index in [-0.39, 0.29) is 30.9 Å². The highest BCUT2D eigenvalue weighted by Crippen LogP contribution is 2.18. The number of hydrogen-bond acceptors (Lipinski definition) is 4. The van der Waals surface area contributed by atoms with Crippen molar-refractivity contribution in [3.05, 3.63) is 0 Å². The first-order valence-electron chi connectivity index (χ1n) is 4.79. The summed E-state index contributed by atoms with van der Waals surface area (Å²) in [6.07, 6.45) is 1.98. The van der Waals surface area contributed by atoms with E-state index in [2.05, 4.69) is 14.8 Å². The van der Waals surface area contributed by atoms with Gasteiger partial charge in [-0.1, -0.05) is 0 Å². The van der Waals surface area contributed by atoms with Crippen molar-refractivity contribution in [1.29, 1.82) is 0 Å². The first-order chi connectivity index (χ1) is 7.03. The molecule has 6 nitrogen and oxygen atoms in total. The molecule has 0 bridgehead atoms. The van der Waals surface area contributed by atoms with Gasteiger partial charge in [0.15, 0.2) is 0 Å². The van der Waals surface area contributed by atoms with Crippen LogP contribution >= 0.6 is 0 Å². The zero-order valence-corrected chi connectivity index (χ0v) is 9.47. The van der Waals surface area contributed by atoms with Gasteiger partial charge < -0.3 is 10.1 Å². The SMILES string of the molecule is COCCS(=O)(=O)NCC(=O)NC1CC1. The van der Waals surface area contributed by atoms with Crippen LogP contribution in [0.1, 0.15) is 12.8 Å². The topological polar surface area (TPSA) is 84.5 Å². The maximum atomic E-state index is 11.2. The van der Waals surface area contributed by atoms with Crippen LogP contribution < -0.4 is 10.0 Å². The number of methoxy groups -OCH3 is 1. The normalized spacial score (nSPS) is 16.3. The van der Waals surface area contributed by atoms with Crippen molar-refractivity contribution in [2.24, 2.45) is 0 Å². The summed E-state index contributed by atoms with van der Waals surface area (Å²) < 4.78 is 29.3. The van der Waals surface area contributed by atoms with Gasteiger partial charge in [-0.2, -0.15) is 0 Å². The van der Waals surface area contributed by atoms with Crippen LogP contribution in [0.15, 0.2) is 0 Å². The van der Waals surface area contributed by atoms with Crippen molar-refractivity contribution in [3.8, 4) is 0 Å². The van der Waals surface area contributed by atoms with E-state index < -0.39 is 10.0 Å². The number of ether oxygens (including phenoxy) is 1. The van der Waals surface area contributed by atoms with Crippen molar-refractivity contribution >= 4 is 15.9 Å². The van der Waals surface area contributed by atoms with Crippen LogP contribution in [-0.2, 0) is 19.6 Å². The molecule has 0 aliphatic heterocycles. The lowest BCUT2D eigenvalue weighted by molar-refractivity contribution is -0.120. The molecule has 0 aromatic carbocycles. The first kappa shape index (κ1) is 12.4. The summed E-state index contributed by atoms with van der Waals surface area (Å²) in [7, 11) is -1.96. The lowest BCUT2D eigenvalue weighted by Gasteiger charge is -2.06. The molecule has 1 aliphatic carbocycles. The Morgan fingerprint density at radius 1 is 1.47 bits per heavy atom. The zero-order chi connectivity index (χ0) is 11.3. The van der Waals surface area contributed by atoms with Crippen LogP contribution in [0.3, 0.4) is 0 Å². The third-order valence-corrected chi connectivity index (χ3v) is 3.24. The van der Waals surface area contributed by atoms with Gasteiger partial charge in [0.1, 0.15) is 0 Å². The monoisotopic (exact) mass is 236 g/mol. The molecule has 0 unspecified atom stereocenters. The van der Waals surface area contributed by atoms with Crippen LogP contribution in [0.4, 0.5) is 0 Å². The minimum absolute atomic E-state index is 0.125. The smallest absolute Gasteiger partial charge is 0.235 e. The fourth-order valence-corrected chi connectivity index (χ4v) is 1.83. The van der Waals surface area contributed by atoms with Gasteiger partial charge in [-0.15, -0.1) is 0 Å². The van der Waals surface area contributed by atoms with E-state index in [0.717, 1.165) is 12.8 Å². The Labute approximate surface area is 89.4 Å². The first-order valence-corrected chi connectivity index (χ1v) is 6.44. The Morgan fingerprint density at radius 3 is 2.67 bits per heavy atom. The second kappa shape index (κ2) is 5.43. The average molecular weight is 236 g/mol. The van der Waals surface area contributed by atoms with Crippen LogP contribution in [-0.4, -0.2) is 46.4 Å². The summed E-state index contributed by atoms with van der Waals surface area (Å²) in [5.74, 6) is -0.404. The van der Waals surface area contributed by atoms with Gasteiger partial charge in [0.2, 0.25) is 15.9 Å².